The molecule has 0 aromatic carbocycles. The van der Waals surface area contributed by atoms with Crippen molar-refractivity contribution in [2.45, 2.75) is 47.3 Å². The van der Waals surface area contributed by atoms with E-state index in [2.05, 4.69) is 25.2 Å². The first-order chi connectivity index (χ1) is 11.6. The minimum absolute atomic E-state index is 0.381. The molecule has 0 amide bonds. The molecule has 0 aliphatic carbocycles. The van der Waals surface area contributed by atoms with Gasteiger partial charge in [-0.25, -0.2) is 0 Å². The van der Waals surface area contributed by atoms with Crippen LogP contribution in [0.3, 0.4) is 0 Å². The molecule has 0 N–H and O–H groups in total. The Kier molecular flexibility index (Phi) is 11.0. The third-order valence-corrected chi connectivity index (χ3v) is 2.87. The zero-order chi connectivity index (χ0) is 18.5. The van der Waals surface area contributed by atoms with Crippen molar-refractivity contribution in [3.05, 3.63) is 11.8 Å². The van der Waals surface area contributed by atoms with E-state index in [0.29, 0.717) is 18.7 Å². The number of ether oxygens (including phenoxy) is 2. The zero-order valence-electron chi connectivity index (χ0n) is 15.6. The van der Waals surface area contributed by atoms with Gasteiger partial charge in [-0.15, -0.1) is 15.0 Å². The highest BCUT2D eigenvalue weighted by atomic mass is 16.5. The number of carbonyl (C=O) groups is 1. The normalized spacial score (nSPS) is 10.8. The van der Waals surface area contributed by atoms with E-state index in [0.717, 1.165) is 17.9 Å². The SMILES string of the molecule is CC.CCC(OC=O)n1nnc(-c2c(C)cnn2C)n1.CCOC. The number of methoxy groups -OCH3 is 1. The minimum Gasteiger partial charge on any atom is -0.440 e. The zero-order valence-corrected chi connectivity index (χ0v) is 15.6. The summed E-state index contributed by atoms with van der Waals surface area (Å²) in [7, 11) is 3.49. The quantitative estimate of drug-likeness (QED) is 0.743. The van der Waals surface area contributed by atoms with E-state index in [4.69, 9.17) is 4.74 Å². The van der Waals surface area contributed by atoms with Crippen LogP contribution in [0.5, 0.6) is 0 Å². The van der Waals surface area contributed by atoms with Crippen LogP contribution in [0, 0.1) is 6.92 Å². The first-order valence-corrected chi connectivity index (χ1v) is 7.95. The molecular weight excluding hydrogens is 312 g/mol. The molecule has 0 spiro atoms. The maximum atomic E-state index is 10.4. The van der Waals surface area contributed by atoms with Gasteiger partial charge in [0, 0.05) is 27.2 Å². The van der Waals surface area contributed by atoms with Gasteiger partial charge in [0.2, 0.25) is 12.1 Å². The molecule has 0 aliphatic rings. The minimum atomic E-state index is -0.530. The summed E-state index contributed by atoms with van der Waals surface area (Å²) in [6.45, 7) is 10.9. The molecule has 2 aromatic rings. The van der Waals surface area contributed by atoms with E-state index in [-0.39, 0.29) is 0 Å². The number of aryl methyl sites for hydroxylation is 2. The molecule has 1 unspecified atom stereocenters. The van der Waals surface area contributed by atoms with Crippen molar-refractivity contribution in [2.24, 2.45) is 7.05 Å². The third-order valence-electron chi connectivity index (χ3n) is 2.87. The van der Waals surface area contributed by atoms with E-state index < -0.39 is 6.23 Å². The molecule has 2 heterocycles. The highest BCUT2D eigenvalue weighted by Crippen LogP contribution is 2.18. The number of rotatable bonds is 6. The summed E-state index contributed by atoms with van der Waals surface area (Å²) < 4.78 is 11.1. The molecule has 24 heavy (non-hydrogen) atoms. The lowest BCUT2D eigenvalue weighted by atomic mass is 10.3. The largest absolute Gasteiger partial charge is 0.440 e. The standard InChI is InChI=1S/C10H14N6O2.C3H8O.C2H6/c1-4-8(18-6-17)16-13-10(12-14-16)9-7(2)5-11-15(9)3;1-3-4-2;1-2/h5-6,8H,4H2,1-3H3;3H2,1-2H3;1-2H3. The van der Waals surface area contributed by atoms with Crippen LogP contribution in [0.2, 0.25) is 0 Å². The van der Waals surface area contributed by atoms with Crippen LogP contribution in [-0.2, 0) is 21.3 Å². The van der Waals surface area contributed by atoms with Gasteiger partial charge in [-0.05, 0) is 24.6 Å². The number of nitrogens with zero attached hydrogens (tertiary/aromatic N) is 6. The number of carbonyl (C=O) groups excluding carboxylic acids is 1. The number of aromatic nitrogens is 6. The van der Waals surface area contributed by atoms with E-state index in [9.17, 15) is 4.79 Å². The van der Waals surface area contributed by atoms with Crippen molar-refractivity contribution >= 4 is 6.47 Å². The first kappa shape index (κ1) is 21.7. The molecule has 0 aliphatic heterocycles. The molecule has 2 rings (SSSR count). The fourth-order valence-corrected chi connectivity index (χ4v) is 1.69. The summed E-state index contributed by atoms with van der Waals surface area (Å²) in [4.78, 5) is 11.7. The molecular formula is C15H28N6O3. The Bertz CT molecular complexity index is 560. The summed E-state index contributed by atoms with van der Waals surface area (Å²) in [5.74, 6) is 0.459. The summed E-state index contributed by atoms with van der Waals surface area (Å²) in [5.41, 5.74) is 1.75. The van der Waals surface area contributed by atoms with Gasteiger partial charge in [-0.2, -0.15) is 5.10 Å². The van der Waals surface area contributed by atoms with Gasteiger partial charge in [0.1, 0.15) is 5.69 Å². The second-order valence-electron chi connectivity index (χ2n) is 4.41. The van der Waals surface area contributed by atoms with E-state index in [1.54, 1.807) is 18.0 Å². The summed E-state index contributed by atoms with van der Waals surface area (Å²) in [5, 5.41) is 16.2. The predicted molar refractivity (Wildman–Crippen MR) is 90.1 cm³/mol. The monoisotopic (exact) mass is 340 g/mol. The fraction of sp³-hybridized carbons (Fsp3) is 0.667. The van der Waals surface area contributed by atoms with E-state index in [1.807, 2.05) is 41.7 Å². The maximum Gasteiger partial charge on any atom is 0.295 e. The number of hydrogen-bond acceptors (Lipinski definition) is 7. The molecule has 0 bridgehead atoms. The summed E-state index contributed by atoms with van der Waals surface area (Å²) >= 11 is 0. The van der Waals surface area contributed by atoms with Crippen LogP contribution in [0.1, 0.15) is 45.9 Å². The third kappa shape index (κ3) is 6.07. The molecule has 0 saturated heterocycles. The Morgan fingerprint density at radius 1 is 1.33 bits per heavy atom. The van der Waals surface area contributed by atoms with Crippen LogP contribution in [0.15, 0.2) is 6.20 Å². The molecule has 0 saturated carbocycles. The van der Waals surface area contributed by atoms with Gasteiger partial charge >= 0.3 is 0 Å². The molecule has 2 aromatic heterocycles. The van der Waals surface area contributed by atoms with Gasteiger partial charge in [0.05, 0.1) is 6.20 Å². The van der Waals surface area contributed by atoms with Gasteiger partial charge in [0.25, 0.3) is 6.47 Å². The van der Waals surface area contributed by atoms with E-state index in [1.165, 1.54) is 4.80 Å². The second kappa shape index (κ2) is 12.2. The van der Waals surface area contributed by atoms with Crippen LogP contribution >= 0.6 is 0 Å². The molecule has 0 radical (unpaired) electrons. The van der Waals surface area contributed by atoms with Crippen LogP contribution in [0.25, 0.3) is 11.5 Å². The van der Waals surface area contributed by atoms with Crippen LogP contribution in [-0.4, -0.2) is 50.2 Å². The van der Waals surface area contributed by atoms with Crippen molar-refractivity contribution in [1.29, 1.82) is 0 Å². The van der Waals surface area contributed by atoms with Crippen molar-refractivity contribution in [3.63, 3.8) is 0 Å². The lowest BCUT2D eigenvalue weighted by Crippen LogP contribution is -2.14. The van der Waals surface area contributed by atoms with Gasteiger partial charge in [-0.3, -0.25) is 9.48 Å². The topological polar surface area (TPSA) is 97.0 Å². The number of hydrogen-bond donors (Lipinski definition) is 0. The molecule has 1 atom stereocenters. The Morgan fingerprint density at radius 3 is 2.38 bits per heavy atom. The summed E-state index contributed by atoms with van der Waals surface area (Å²) in [6, 6.07) is 0. The maximum absolute atomic E-state index is 10.4. The van der Waals surface area contributed by atoms with Gasteiger partial charge in [-0.1, -0.05) is 20.8 Å². The van der Waals surface area contributed by atoms with Crippen LogP contribution in [0.4, 0.5) is 0 Å². The van der Waals surface area contributed by atoms with E-state index >= 15 is 0 Å². The molecule has 136 valence electrons. The molecule has 9 nitrogen and oxygen atoms in total. The Balaban J connectivity index is 0.000000773. The van der Waals surface area contributed by atoms with Crippen LogP contribution < -0.4 is 0 Å². The fourth-order valence-electron chi connectivity index (χ4n) is 1.69. The van der Waals surface area contributed by atoms with Crippen molar-refractivity contribution in [1.82, 2.24) is 30.0 Å². The summed E-state index contributed by atoms with van der Waals surface area (Å²) in [6.07, 6.45) is 1.77. The van der Waals surface area contributed by atoms with Gasteiger partial charge in [0.15, 0.2) is 0 Å². The molecule has 9 heteroatoms. The highest BCUT2D eigenvalue weighted by Gasteiger charge is 2.17. The number of tetrazole rings is 1. The van der Waals surface area contributed by atoms with Crippen molar-refractivity contribution in [3.8, 4) is 11.5 Å². The predicted octanol–water partition coefficient (Wildman–Crippen LogP) is 2.14. The highest BCUT2D eigenvalue weighted by molar-refractivity contribution is 5.53. The Hall–Kier alpha value is -2.29. The Labute approximate surface area is 142 Å². The lowest BCUT2D eigenvalue weighted by Gasteiger charge is -2.09. The first-order valence-electron chi connectivity index (χ1n) is 7.95. The average Bonchev–Trinajstić information content (AvgIpc) is 3.21. The smallest absolute Gasteiger partial charge is 0.295 e. The van der Waals surface area contributed by atoms with Gasteiger partial charge < -0.3 is 9.47 Å². The van der Waals surface area contributed by atoms with Crippen molar-refractivity contribution in [2.75, 3.05) is 13.7 Å². The average molecular weight is 340 g/mol. The lowest BCUT2D eigenvalue weighted by molar-refractivity contribution is -0.139. The Morgan fingerprint density at radius 2 is 1.96 bits per heavy atom. The van der Waals surface area contributed by atoms with Crippen molar-refractivity contribution < 1.29 is 14.3 Å². The second-order valence-corrected chi connectivity index (χ2v) is 4.41. The molecule has 0 fully saturated rings.